The summed E-state index contributed by atoms with van der Waals surface area (Å²) in [6, 6.07) is 15.9. The van der Waals surface area contributed by atoms with Crippen molar-refractivity contribution in [2.45, 2.75) is 18.8 Å². The monoisotopic (exact) mass is 353 g/mol. The standard InChI is InChI=1S/C19H19N3O2S/c1-2-24-14-7-5-6-13(10-14)19-22(18(23)12-25-19)11-17-20-15-8-3-4-9-16(15)21-17/h3-10,19H,2,11-12H2,1H3,(H,20,21). The minimum Gasteiger partial charge on any atom is -0.494 e. The summed E-state index contributed by atoms with van der Waals surface area (Å²) in [6.45, 7) is 3.07. The van der Waals surface area contributed by atoms with E-state index in [0.29, 0.717) is 18.9 Å². The lowest BCUT2D eigenvalue weighted by atomic mass is 10.2. The fraction of sp³-hybridized carbons (Fsp3) is 0.263. The van der Waals surface area contributed by atoms with Crippen molar-refractivity contribution < 1.29 is 9.53 Å². The maximum Gasteiger partial charge on any atom is 0.234 e. The number of para-hydroxylation sites is 2. The quantitative estimate of drug-likeness (QED) is 0.759. The van der Waals surface area contributed by atoms with Crippen LogP contribution in [0.25, 0.3) is 11.0 Å². The Hall–Kier alpha value is -2.47. The molecule has 0 spiro atoms. The molecule has 1 amide bonds. The third kappa shape index (κ3) is 3.22. The predicted octanol–water partition coefficient (Wildman–Crippen LogP) is 3.74. The zero-order valence-corrected chi connectivity index (χ0v) is 14.8. The van der Waals surface area contributed by atoms with E-state index < -0.39 is 0 Å². The van der Waals surface area contributed by atoms with E-state index in [1.54, 1.807) is 11.8 Å². The molecule has 1 N–H and O–H groups in total. The SMILES string of the molecule is CCOc1cccc(C2SCC(=O)N2Cc2nc3ccccc3[nH]2)c1. The first-order chi connectivity index (χ1) is 12.2. The van der Waals surface area contributed by atoms with Gasteiger partial charge in [-0.2, -0.15) is 0 Å². The number of aromatic nitrogens is 2. The summed E-state index contributed by atoms with van der Waals surface area (Å²) in [5, 5.41) is -0.0129. The van der Waals surface area contributed by atoms with Crippen molar-refractivity contribution in [2.24, 2.45) is 0 Å². The van der Waals surface area contributed by atoms with Gasteiger partial charge in [0.25, 0.3) is 0 Å². The van der Waals surface area contributed by atoms with E-state index in [0.717, 1.165) is 28.2 Å². The number of benzene rings is 2. The van der Waals surface area contributed by atoms with Gasteiger partial charge in [-0.3, -0.25) is 4.79 Å². The van der Waals surface area contributed by atoms with Gasteiger partial charge in [-0.15, -0.1) is 11.8 Å². The lowest BCUT2D eigenvalue weighted by molar-refractivity contribution is -0.128. The number of aromatic amines is 1. The van der Waals surface area contributed by atoms with Gasteiger partial charge in [0.15, 0.2) is 0 Å². The van der Waals surface area contributed by atoms with Crippen molar-refractivity contribution in [1.82, 2.24) is 14.9 Å². The Morgan fingerprint density at radius 3 is 3.00 bits per heavy atom. The van der Waals surface area contributed by atoms with Gasteiger partial charge >= 0.3 is 0 Å². The first-order valence-corrected chi connectivity index (χ1v) is 9.37. The van der Waals surface area contributed by atoms with Crippen molar-refractivity contribution in [2.75, 3.05) is 12.4 Å². The average Bonchev–Trinajstić information content (AvgIpc) is 3.19. The Bertz CT molecular complexity index is 875. The molecular weight excluding hydrogens is 334 g/mol. The first kappa shape index (κ1) is 16.0. The van der Waals surface area contributed by atoms with Crippen LogP contribution in [0.15, 0.2) is 48.5 Å². The fourth-order valence-electron chi connectivity index (χ4n) is 3.07. The second-order valence-electron chi connectivity index (χ2n) is 5.89. The summed E-state index contributed by atoms with van der Waals surface area (Å²) in [5.41, 5.74) is 3.00. The molecule has 1 aromatic heterocycles. The minimum atomic E-state index is -0.0129. The molecule has 1 aliphatic heterocycles. The zero-order valence-electron chi connectivity index (χ0n) is 13.9. The summed E-state index contributed by atoms with van der Waals surface area (Å²) in [7, 11) is 0. The lowest BCUT2D eigenvalue weighted by Gasteiger charge is -2.23. The fourth-order valence-corrected chi connectivity index (χ4v) is 4.24. The number of hydrogen-bond donors (Lipinski definition) is 1. The molecule has 6 heteroatoms. The summed E-state index contributed by atoms with van der Waals surface area (Å²) in [6.07, 6.45) is 0. The maximum atomic E-state index is 12.4. The third-order valence-corrected chi connectivity index (χ3v) is 5.44. The molecule has 3 aromatic rings. The summed E-state index contributed by atoms with van der Waals surface area (Å²) in [5.74, 6) is 2.27. The van der Waals surface area contributed by atoms with E-state index in [-0.39, 0.29) is 11.3 Å². The molecule has 1 unspecified atom stereocenters. The number of fused-ring (bicyclic) bond motifs is 1. The van der Waals surface area contributed by atoms with E-state index in [1.807, 2.05) is 60.4 Å². The van der Waals surface area contributed by atoms with E-state index in [1.165, 1.54) is 0 Å². The molecule has 128 valence electrons. The molecule has 2 heterocycles. The van der Waals surface area contributed by atoms with Crippen LogP contribution in [0.1, 0.15) is 23.7 Å². The van der Waals surface area contributed by atoms with Gasteiger partial charge < -0.3 is 14.6 Å². The largest absolute Gasteiger partial charge is 0.494 e. The lowest BCUT2D eigenvalue weighted by Crippen LogP contribution is -2.28. The van der Waals surface area contributed by atoms with Gasteiger partial charge in [0.05, 0.1) is 29.9 Å². The van der Waals surface area contributed by atoms with Gasteiger partial charge in [0.1, 0.15) is 16.9 Å². The summed E-state index contributed by atoms with van der Waals surface area (Å²) >= 11 is 1.64. The number of amides is 1. The Balaban J connectivity index is 1.60. The van der Waals surface area contributed by atoms with Crippen LogP contribution >= 0.6 is 11.8 Å². The van der Waals surface area contributed by atoms with Crippen LogP contribution in [0.2, 0.25) is 0 Å². The van der Waals surface area contributed by atoms with Crippen LogP contribution in [-0.4, -0.2) is 33.1 Å². The molecular formula is C19H19N3O2S. The van der Waals surface area contributed by atoms with Gasteiger partial charge in [-0.25, -0.2) is 4.98 Å². The van der Waals surface area contributed by atoms with Crippen LogP contribution in [0.3, 0.4) is 0 Å². The van der Waals surface area contributed by atoms with Crippen LogP contribution in [-0.2, 0) is 11.3 Å². The number of carbonyl (C=O) groups excluding carboxylic acids is 1. The number of imidazole rings is 1. The van der Waals surface area contributed by atoms with Gasteiger partial charge in [-0.05, 0) is 36.8 Å². The average molecular weight is 353 g/mol. The number of H-pyrrole nitrogens is 1. The Morgan fingerprint density at radius 1 is 1.28 bits per heavy atom. The molecule has 4 rings (SSSR count). The van der Waals surface area contributed by atoms with Crippen LogP contribution < -0.4 is 4.74 Å². The second-order valence-corrected chi connectivity index (χ2v) is 6.96. The van der Waals surface area contributed by atoms with Crippen LogP contribution in [0.4, 0.5) is 0 Å². The van der Waals surface area contributed by atoms with Gasteiger partial charge in [-0.1, -0.05) is 24.3 Å². The van der Waals surface area contributed by atoms with Crippen molar-refractivity contribution in [1.29, 1.82) is 0 Å². The molecule has 1 atom stereocenters. The van der Waals surface area contributed by atoms with E-state index >= 15 is 0 Å². The molecule has 0 radical (unpaired) electrons. The van der Waals surface area contributed by atoms with Gasteiger partial charge in [0, 0.05) is 0 Å². The number of nitrogens with zero attached hydrogens (tertiary/aromatic N) is 2. The number of carbonyl (C=O) groups is 1. The molecule has 25 heavy (non-hydrogen) atoms. The molecule has 0 saturated carbocycles. The van der Waals surface area contributed by atoms with E-state index in [2.05, 4.69) is 9.97 Å². The highest BCUT2D eigenvalue weighted by molar-refractivity contribution is 8.00. The van der Waals surface area contributed by atoms with Crippen molar-refractivity contribution in [3.63, 3.8) is 0 Å². The third-order valence-electron chi connectivity index (χ3n) is 4.18. The highest BCUT2D eigenvalue weighted by Gasteiger charge is 2.33. The molecule has 2 aromatic carbocycles. The molecule has 0 bridgehead atoms. The van der Waals surface area contributed by atoms with E-state index in [9.17, 15) is 4.79 Å². The number of ether oxygens (including phenoxy) is 1. The molecule has 0 aliphatic carbocycles. The molecule has 1 fully saturated rings. The number of nitrogens with one attached hydrogen (secondary N) is 1. The van der Waals surface area contributed by atoms with Crippen molar-refractivity contribution in [3.8, 4) is 5.75 Å². The smallest absolute Gasteiger partial charge is 0.234 e. The second kappa shape index (κ2) is 6.80. The Morgan fingerprint density at radius 2 is 2.16 bits per heavy atom. The van der Waals surface area contributed by atoms with Crippen LogP contribution in [0.5, 0.6) is 5.75 Å². The minimum absolute atomic E-state index is 0.0129. The molecule has 1 aliphatic rings. The Labute approximate surface area is 150 Å². The first-order valence-electron chi connectivity index (χ1n) is 8.32. The summed E-state index contributed by atoms with van der Waals surface area (Å²) in [4.78, 5) is 22.2. The summed E-state index contributed by atoms with van der Waals surface area (Å²) < 4.78 is 5.60. The van der Waals surface area contributed by atoms with Gasteiger partial charge in [0.2, 0.25) is 5.91 Å². The van der Waals surface area contributed by atoms with Crippen LogP contribution in [0, 0.1) is 0 Å². The highest BCUT2D eigenvalue weighted by Crippen LogP contribution is 2.40. The topological polar surface area (TPSA) is 58.2 Å². The number of rotatable bonds is 5. The zero-order chi connectivity index (χ0) is 17.2. The molecule has 1 saturated heterocycles. The van der Waals surface area contributed by atoms with Crippen molar-refractivity contribution in [3.05, 3.63) is 59.9 Å². The van der Waals surface area contributed by atoms with E-state index in [4.69, 9.17) is 4.74 Å². The normalized spacial score (nSPS) is 17.4. The van der Waals surface area contributed by atoms with Crippen molar-refractivity contribution >= 4 is 28.7 Å². The highest BCUT2D eigenvalue weighted by atomic mass is 32.2. The molecule has 5 nitrogen and oxygen atoms in total. The number of hydrogen-bond acceptors (Lipinski definition) is 4. The maximum absolute atomic E-state index is 12.4. The predicted molar refractivity (Wildman–Crippen MR) is 99.5 cm³/mol. The Kier molecular flexibility index (Phi) is 4.36. The number of thioether (sulfide) groups is 1.